The first-order valence-electron chi connectivity index (χ1n) is 20.3. The van der Waals surface area contributed by atoms with E-state index in [4.69, 9.17) is 0 Å². The molecule has 8 aromatic carbocycles. The van der Waals surface area contributed by atoms with Gasteiger partial charge in [0.2, 0.25) is 0 Å². The number of aromatic nitrogens is 2. The molecule has 0 atom stereocenters. The van der Waals surface area contributed by atoms with E-state index in [-0.39, 0.29) is 5.56 Å². The van der Waals surface area contributed by atoms with Crippen molar-refractivity contribution in [3.05, 3.63) is 191 Å². The lowest BCUT2D eigenvalue weighted by atomic mass is 9.95. The highest BCUT2D eigenvalue weighted by molar-refractivity contribution is 6.12. The molecule has 62 heavy (non-hydrogen) atoms. The van der Waals surface area contributed by atoms with E-state index in [1.807, 2.05) is 54.6 Å². The third-order valence-electron chi connectivity index (χ3n) is 11.9. The topological polar surface area (TPSA) is 57.4 Å². The highest BCUT2D eigenvalue weighted by atomic mass is 19.4. The molecule has 0 amide bonds. The quantitative estimate of drug-likeness (QED) is 0.174. The minimum Gasteiger partial charge on any atom is -0.308 e. The summed E-state index contributed by atoms with van der Waals surface area (Å²) in [6.07, 6.45) is -4.64. The van der Waals surface area contributed by atoms with E-state index < -0.39 is 11.7 Å². The number of benzene rings is 8. The number of nitriles is 2. The molecular weight excluding hydrogens is 774 g/mol. The van der Waals surface area contributed by atoms with Gasteiger partial charge in [-0.15, -0.1) is 0 Å². The summed E-state index contributed by atoms with van der Waals surface area (Å²) < 4.78 is 46.2. The fourth-order valence-electron chi connectivity index (χ4n) is 9.41. The molecule has 0 bridgehead atoms. The van der Waals surface area contributed by atoms with E-state index in [2.05, 4.69) is 128 Å². The SMILES string of the molecule is Cc1cc(C)cc(-c2ccc3c(c2)c2ccccc2n3-c2cc(-c3ccc(C(F)(F)F)cc3C#N)cc(-n3c4ccccc4c4cc(-c5cc(C)cc(C)c5)ccc43)c2C#N)c1. The number of alkyl halides is 3. The molecule has 0 aliphatic rings. The third-order valence-corrected chi connectivity index (χ3v) is 11.9. The van der Waals surface area contributed by atoms with Gasteiger partial charge in [0.15, 0.2) is 0 Å². The minimum atomic E-state index is -4.64. The van der Waals surface area contributed by atoms with Crippen molar-refractivity contribution in [2.24, 2.45) is 0 Å². The molecule has 0 fully saturated rings. The van der Waals surface area contributed by atoms with Crippen molar-refractivity contribution < 1.29 is 13.2 Å². The van der Waals surface area contributed by atoms with Crippen LogP contribution < -0.4 is 0 Å². The van der Waals surface area contributed by atoms with Gasteiger partial charge in [0.05, 0.1) is 50.6 Å². The number of nitrogens with zero attached hydrogens (tertiary/aromatic N) is 4. The molecule has 0 saturated heterocycles. The summed E-state index contributed by atoms with van der Waals surface area (Å²) in [6.45, 7) is 8.35. The Labute approximate surface area is 356 Å². The first kappa shape index (κ1) is 38.3. The van der Waals surface area contributed by atoms with Gasteiger partial charge in [-0.2, -0.15) is 23.7 Å². The molecule has 0 saturated carbocycles. The summed E-state index contributed by atoms with van der Waals surface area (Å²) in [4.78, 5) is 0. The fraction of sp³-hybridized carbons (Fsp3) is 0.0909. The largest absolute Gasteiger partial charge is 0.416 e. The molecule has 0 N–H and O–H groups in total. The third kappa shape index (κ3) is 6.30. The lowest BCUT2D eigenvalue weighted by molar-refractivity contribution is -0.137. The first-order valence-corrected chi connectivity index (χ1v) is 20.3. The van der Waals surface area contributed by atoms with E-state index in [1.54, 1.807) is 0 Å². The van der Waals surface area contributed by atoms with Crippen LogP contribution in [0.3, 0.4) is 0 Å². The van der Waals surface area contributed by atoms with Crippen LogP contribution in [-0.2, 0) is 6.18 Å². The van der Waals surface area contributed by atoms with Gasteiger partial charge in [-0.25, -0.2) is 0 Å². The molecular formula is C55H37F3N4. The second-order valence-corrected chi connectivity index (χ2v) is 16.3. The summed E-state index contributed by atoms with van der Waals surface area (Å²) in [5.41, 5.74) is 13.6. The van der Waals surface area contributed by atoms with Gasteiger partial charge >= 0.3 is 6.18 Å². The molecule has 4 nitrogen and oxygen atoms in total. The standard InChI is InChI=1S/C55H37F3N4/c1-32-19-33(2)22-38(21-32)36-13-17-51-46(26-36)44-9-5-7-11-49(44)61(51)53-28-40(43-16-15-42(55(56,57)58)25-41(43)30-59)29-54(48(53)31-60)62-50-12-8-6-10-45(50)47-27-37(14-18-52(47)62)39-23-34(3)20-35(4)24-39/h5-29H,1-4H3. The van der Waals surface area contributed by atoms with Gasteiger partial charge in [-0.3, -0.25) is 0 Å². The number of para-hydroxylation sites is 2. The van der Waals surface area contributed by atoms with Crippen LogP contribution in [0.25, 0.3) is 88.4 Å². The second-order valence-electron chi connectivity index (χ2n) is 16.3. The van der Waals surface area contributed by atoms with Crippen molar-refractivity contribution in [3.8, 4) is 56.9 Å². The lowest BCUT2D eigenvalue weighted by Gasteiger charge is -2.19. The summed E-state index contributed by atoms with van der Waals surface area (Å²) >= 11 is 0. The number of fused-ring (bicyclic) bond motifs is 6. The van der Waals surface area contributed by atoms with Gasteiger partial charge in [-0.1, -0.05) is 113 Å². The Kier molecular flexibility index (Phi) is 8.91. The van der Waals surface area contributed by atoms with Crippen LogP contribution in [0, 0.1) is 50.4 Å². The first-order chi connectivity index (χ1) is 29.9. The zero-order chi connectivity index (χ0) is 43.0. The molecule has 2 heterocycles. The van der Waals surface area contributed by atoms with Crippen LogP contribution in [0.15, 0.2) is 152 Å². The predicted molar refractivity (Wildman–Crippen MR) is 245 cm³/mol. The van der Waals surface area contributed by atoms with Crippen LogP contribution in [0.5, 0.6) is 0 Å². The number of rotatable bonds is 5. The number of hydrogen-bond donors (Lipinski definition) is 0. The molecule has 0 unspecified atom stereocenters. The highest BCUT2D eigenvalue weighted by Gasteiger charge is 2.31. The van der Waals surface area contributed by atoms with E-state index in [1.165, 1.54) is 6.07 Å². The molecule has 0 radical (unpaired) electrons. The summed E-state index contributed by atoms with van der Waals surface area (Å²) in [7, 11) is 0. The number of aryl methyl sites for hydroxylation is 4. The fourth-order valence-corrected chi connectivity index (χ4v) is 9.41. The van der Waals surface area contributed by atoms with Crippen LogP contribution in [0.2, 0.25) is 0 Å². The van der Waals surface area contributed by atoms with Gasteiger partial charge in [0, 0.05) is 21.5 Å². The highest BCUT2D eigenvalue weighted by Crippen LogP contribution is 2.43. The Hall–Kier alpha value is -7.87. The average Bonchev–Trinajstić information content (AvgIpc) is 3.76. The Morgan fingerprint density at radius 1 is 0.419 bits per heavy atom. The van der Waals surface area contributed by atoms with Crippen molar-refractivity contribution in [2.45, 2.75) is 33.9 Å². The molecule has 10 aromatic rings. The second kappa shape index (κ2) is 14.4. The van der Waals surface area contributed by atoms with Gasteiger partial charge in [-0.05, 0) is 122 Å². The van der Waals surface area contributed by atoms with Gasteiger partial charge in [0.25, 0.3) is 0 Å². The maximum Gasteiger partial charge on any atom is 0.416 e. The molecule has 0 aliphatic carbocycles. The van der Waals surface area contributed by atoms with E-state index in [0.29, 0.717) is 28.1 Å². The molecule has 2 aromatic heterocycles. The average molecular weight is 811 g/mol. The van der Waals surface area contributed by atoms with Crippen molar-refractivity contribution in [2.75, 3.05) is 0 Å². The molecule has 10 rings (SSSR count). The summed E-state index contributed by atoms with van der Waals surface area (Å²) in [5.74, 6) is 0. The maximum absolute atomic E-state index is 14.0. The van der Waals surface area contributed by atoms with Crippen molar-refractivity contribution in [1.82, 2.24) is 9.13 Å². The summed E-state index contributed by atoms with van der Waals surface area (Å²) in [6, 6.07) is 53.3. The molecule has 298 valence electrons. The lowest BCUT2D eigenvalue weighted by Crippen LogP contribution is -2.07. The van der Waals surface area contributed by atoms with Crippen LogP contribution in [0.4, 0.5) is 13.2 Å². The Balaban J connectivity index is 1.31. The Morgan fingerprint density at radius 3 is 1.31 bits per heavy atom. The predicted octanol–water partition coefficient (Wildman–Crippen LogP) is 14.9. The Bertz CT molecular complexity index is 3360. The smallest absolute Gasteiger partial charge is 0.308 e. The van der Waals surface area contributed by atoms with Crippen LogP contribution >= 0.6 is 0 Å². The minimum absolute atomic E-state index is 0.123. The van der Waals surface area contributed by atoms with Gasteiger partial charge < -0.3 is 9.13 Å². The van der Waals surface area contributed by atoms with Crippen LogP contribution in [0.1, 0.15) is 38.9 Å². The van der Waals surface area contributed by atoms with Crippen molar-refractivity contribution >= 4 is 43.6 Å². The zero-order valence-corrected chi connectivity index (χ0v) is 34.4. The zero-order valence-electron chi connectivity index (χ0n) is 34.4. The molecule has 7 heteroatoms. The monoisotopic (exact) mass is 810 g/mol. The maximum atomic E-state index is 14.0. The summed E-state index contributed by atoms with van der Waals surface area (Å²) in [5, 5.41) is 25.7. The van der Waals surface area contributed by atoms with Crippen molar-refractivity contribution in [1.29, 1.82) is 10.5 Å². The van der Waals surface area contributed by atoms with E-state index >= 15 is 0 Å². The van der Waals surface area contributed by atoms with E-state index in [9.17, 15) is 23.7 Å². The molecule has 0 spiro atoms. The molecule has 0 aliphatic heterocycles. The number of halogens is 3. The van der Waals surface area contributed by atoms with E-state index in [0.717, 1.165) is 100 Å². The Morgan fingerprint density at radius 2 is 0.871 bits per heavy atom. The van der Waals surface area contributed by atoms with Crippen molar-refractivity contribution in [3.63, 3.8) is 0 Å². The number of hydrogen-bond acceptors (Lipinski definition) is 2. The van der Waals surface area contributed by atoms with Gasteiger partial charge in [0.1, 0.15) is 11.6 Å². The van der Waals surface area contributed by atoms with Crippen LogP contribution in [-0.4, -0.2) is 9.13 Å². The normalized spacial score (nSPS) is 11.8.